The number of thiophene rings is 2. The molecular formula is C26H29FN2O2S2. The Balaban J connectivity index is 1.52. The van der Waals surface area contributed by atoms with Crippen LogP contribution in [0.3, 0.4) is 0 Å². The van der Waals surface area contributed by atoms with Gasteiger partial charge in [0.05, 0.1) is 13.0 Å². The summed E-state index contributed by atoms with van der Waals surface area (Å²) in [6, 6.07) is 14.3. The molecule has 4 nitrogen and oxygen atoms in total. The van der Waals surface area contributed by atoms with E-state index in [-0.39, 0.29) is 30.2 Å². The van der Waals surface area contributed by atoms with Gasteiger partial charge in [0.1, 0.15) is 12.4 Å². The molecule has 7 heteroatoms. The van der Waals surface area contributed by atoms with Crippen LogP contribution >= 0.6 is 22.7 Å². The molecule has 33 heavy (non-hydrogen) atoms. The van der Waals surface area contributed by atoms with Crippen LogP contribution in [-0.4, -0.2) is 34.2 Å². The largest absolute Gasteiger partial charge is 0.332 e. The van der Waals surface area contributed by atoms with E-state index in [1.165, 1.54) is 18.6 Å². The van der Waals surface area contributed by atoms with Gasteiger partial charge >= 0.3 is 0 Å². The average molecular weight is 485 g/mol. The lowest BCUT2D eigenvalue weighted by molar-refractivity contribution is -0.143. The van der Waals surface area contributed by atoms with Gasteiger partial charge in [0.15, 0.2) is 0 Å². The summed E-state index contributed by atoms with van der Waals surface area (Å²) in [7, 11) is 0. The lowest BCUT2D eigenvalue weighted by Gasteiger charge is -2.35. The number of carbonyl (C=O) groups is 2. The van der Waals surface area contributed by atoms with E-state index < -0.39 is 0 Å². The molecule has 1 aliphatic carbocycles. The van der Waals surface area contributed by atoms with Crippen molar-refractivity contribution in [3.05, 3.63) is 80.4 Å². The molecule has 0 unspecified atom stereocenters. The van der Waals surface area contributed by atoms with Crippen LogP contribution in [0.25, 0.3) is 0 Å². The standard InChI is InChI=1S/C26H29FN2O2S2/c27-21-12-10-20(11-13-21)17-28(18-24-9-5-15-33-24)26(31)19-29(22-6-2-1-3-7-22)25(30)16-23-8-4-14-32-23/h4-5,8-15,22H,1-3,6-7,16-19H2. The van der Waals surface area contributed by atoms with Crippen LogP contribution in [0.4, 0.5) is 4.39 Å². The zero-order valence-corrected chi connectivity index (χ0v) is 20.3. The molecule has 0 aliphatic heterocycles. The Labute approximate surface area is 202 Å². The first-order chi connectivity index (χ1) is 16.1. The van der Waals surface area contributed by atoms with Crippen LogP contribution in [0.2, 0.25) is 0 Å². The predicted molar refractivity (Wildman–Crippen MR) is 132 cm³/mol. The first-order valence-electron chi connectivity index (χ1n) is 11.4. The van der Waals surface area contributed by atoms with Crippen LogP contribution in [-0.2, 0) is 29.1 Å². The van der Waals surface area contributed by atoms with Crippen molar-refractivity contribution in [3.8, 4) is 0 Å². The normalized spacial score (nSPS) is 14.2. The van der Waals surface area contributed by atoms with Crippen LogP contribution < -0.4 is 0 Å². The van der Waals surface area contributed by atoms with E-state index in [9.17, 15) is 14.0 Å². The number of amides is 2. The van der Waals surface area contributed by atoms with Crippen LogP contribution in [0.5, 0.6) is 0 Å². The summed E-state index contributed by atoms with van der Waals surface area (Å²) in [6.07, 6.45) is 5.61. The van der Waals surface area contributed by atoms with E-state index >= 15 is 0 Å². The molecule has 1 aliphatic rings. The van der Waals surface area contributed by atoms with Gasteiger partial charge < -0.3 is 9.80 Å². The lowest BCUT2D eigenvalue weighted by Crippen LogP contribution is -2.48. The molecule has 1 aromatic carbocycles. The second-order valence-corrected chi connectivity index (χ2v) is 10.6. The molecule has 0 bridgehead atoms. The Kier molecular flexibility index (Phi) is 8.29. The molecule has 0 spiro atoms. The molecule has 0 atom stereocenters. The van der Waals surface area contributed by atoms with Gasteiger partial charge in [0, 0.05) is 22.3 Å². The summed E-state index contributed by atoms with van der Waals surface area (Å²) in [5.74, 6) is -0.342. The SMILES string of the molecule is O=C(CN(C(=O)Cc1cccs1)C1CCCCC1)N(Cc1ccc(F)cc1)Cc1cccs1. The minimum absolute atomic E-state index is 0.0237. The second-order valence-electron chi connectivity index (χ2n) is 8.53. The van der Waals surface area contributed by atoms with E-state index in [1.54, 1.807) is 39.7 Å². The first-order valence-corrected chi connectivity index (χ1v) is 13.2. The lowest BCUT2D eigenvalue weighted by atomic mass is 9.94. The van der Waals surface area contributed by atoms with E-state index in [2.05, 4.69) is 0 Å². The van der Waals surface area contributed by atoms with Crippen molar-refractivity contribution in [2.45, 2.75) is 57.7 Å². The highest BCUT2D eigenvalue weighted by Crippen LogP contribution is 2.25. The third-order valence-electron chi connectivity index (χ3n) is 6.11. The molecule has 0 N–H and O–H groups in total. The maximum absolute atomic E-state index is 13.6. The number of benzene rings is 1. The highest BCUT2D eigenvalue weighted by Gasteiger charge is 2.29. The number of rotatable bonds is 9. The van der Waals surface area contributed by atoms with E-state index in [0.29, 0.717) is 19.5 Å². The molecule has 2 heterocycles. The molecule has 0 saturated heterocycles. The van der Waals surface area contributed by atoms with Crippen molar-refractivity contribution < 1.29 is 14.0 Å². The van der Waals surface area contributed by atoms with Gasteiger partial charge in [-0.3, -0.25) is 9.59 Å². The molecule has 1 saturated carbocycles. The van der Waals surface area contributed by atoms with Gasteiger partial charge in [-0.2, -0.15) is 0 Å². The highest BCUT2D eigenvalue weighted by molar-refractivity contribution is 7.10. The van der Waals surface area contributed by atoms with E-state index in [0.717, 1.165) is 41.0 Å². The van der Waals surface area contributed by atoms with Crippen molar-refractivity contribution in [2.75, 3.05) is 6.54 Å². The maximum atomic E-state index is 13.6. The summed E-state index contributed by atoms with van der Waals surface area (Å²) >= 11 is 3.18. The van der Waals surface area contributed by atoms with Crippen LogP contribution in [0.15, 0.2) is 59.3 Å². The number of nitrogens with zero attached hydrogens (tertiary/aromatic N) is 2. The molecule has 174 valence electrons. The van der Waals surface area contributed by atoms with Crippen molar-refractivity contribution >= 4 is 34.5 Å². The van der Waals surface area contributed by atoms with E-state index in [1.807, 2.05) is 39.9 Å². The fourth-order valence-corrected chi connectivity index (χ4v) is 5.77. The number of hydrogen-bond acceptors (Lipinski definition) is 4. The Morgan fingerprint density at radius 3 is 2.15 bits per heavy atom. The maximum Gasteiger partial charge on any atom is 0.242 e. The van der Waals surface area contributed by atoms with Crippen molar-refractivity contribution in [3.63, 3.8) is 0 Å². The molecule has 0 radical (unpaired) electrons. The summed E-state index contributed by atoms with van der Waals surface area (Å²) in [5, 5.41) is 3.97. The van der Waals surface area contributed by atoms with Gasteiger partial charge in [-0.1, -0.05) is 43.5 Å². The third-order valence-corrected chi connectivity index (χ3v) is 7.85. The smallest absolute Gasteiger partial charge is 0.242 e. The fraction of sp³-hybridized carbons (Fsp3) is 0.385. The Bertz CT molecular complexity index is 1010. The van der Waals surface area contributed by atoms with E-state index in [4.69, 9.17) is 0 Å². The van der Waals surface area contributed by atoms with Crippen molar-refractivity contribution in [2.24, 2.45) is 0 Å². The summed E-state index contributed by atoms with van der Waals surface area (Å²) in [6.45, 7) is 0.946. The number of carbonyl (C=O) groups excluding carboxylic acids is 2. The summed E-state index contributed by atoms with van der Waals surface area (Å²) < 4.78 is 13.4. The van der Waals surface area contributed by atoms with Gasteiger partial charge in [-0.05, 0) is 53.4 Å². The zero-order chi connectivity index (χ0) is 23.0. The first kappa shape index (κ1) is 23.6. The fourth-order valence-electron chi connectivity index (χ4n) is 4.36. The predicted octanol–water partition coefficient (Wildman–Crippen LogP) is 5.88. The number of halogens is 1. The van der Waals surface area contributed by atoms with Gasteiger partial charge in [0.25, 0.3) is 0 Å². The quantitative estimate of drug-likeness (QED) is 0.380. The highest BCUT2D eigenvalue weighted by atomic mass is 32.1. The minimum Gasteiger partial charge on any atom is -0.332 e. The Morgan fingerprint density at radius 2 is 1.52 bits per heavy atom. The van der Waals surface area contributed by atoms with Gasteiger partial charge in [-0.25, -0.2) is 4.39 Å². The summed E-state index contributed by atoms with van der Waals surface area (Å²) in [5.41, 5.74) is 0.871. The Morgan fingerprint density at radius 1 is 0.848 bits per heavy atom. The molecule has 4 rings (SSSR count). The molecular weight excluding hydrogens is 455 g/mol. The average Bonchev–Trinajstić information content (AvgIpc) is 3.53. The van der Waals surface area contributed by atoms with Crippen molar-refractivity contribution in [1.82, 2.24) is 9.80 Å². The molecule has 3 aromatic rings. The zero-order valence-electron chi connectivity index (χ0n) is 18.6. The van der Waals surface area contributed by atoms with Crippen LogP contribution in [0.1, 0.15) is 47.4 Å². The Hall–Kier alpha value is -2.51. The third kappa shape index (κ3) is 6.74. The molecule has 2 amide bonds. The van der Waals surface area contributed by atoms with Gasteiger partial charge in [-0.15, -0.1) is 22.7 Å². The second kappa shape index (κ2) is 11.6. The monoisotopic (exact) mass is 484 g/mol. The summed E-state index contributed by atoms with van der Waals surface area (Å²) in [4.78, 5) is 32.6. The van der Waals surface area contributed by atoms with Gasteiger partial charge in [0.2, 0.25) is 11.8 Å². The minimum atomic E-state index is -0.294. The number of hydrogen-bond donors (Lipinski definition) is 0. The molecule has 2 aromatic heterocycles. The van der Waals surface area contributed by atoms with Crippen LogP contribution in [0, 0.1) is 5.82 Å². The van der Waals surface area contributed by atoms with Crippen molar-refractivity contribution in [1.29, 1.82) is 0 Å². The molecule has 1 fully saturated rings. The topological polar surface area (TPSA) is 40.6 Å².